The molecule has 1 amide bonds. The van der Waals surface area contributed by atoms with Crippen molar-refractivity contribution in [1.82, 2.24) is 10.2 Å². The van der Waals surface area contributed by atoms with Crippen molar-refractivity contribution in [3.8, 4) is 0 Å². The van der Waals surface area contributed by atoms with Crippen molar-refractivity contribution in [2.24, 2.45) is 16.7 Å². The van der Waals surface area contributed by atoms with Crippen molar-refractivity contribution < 1.29 is 9.59 Å². The quantitative estimate of drug-likeness (QED) is 0.737. The van der Waals surface area contributed by atoms with Crippen LogP contribution in [-0.4, -0.2) is 42.3 Å². The number of hydrogen-bond donors (Lipinski definition) is 1. The Bertz CT molecular complexity index is 508. The predicted octanol–water partition coefficient (Wildman–Crippen LogP) is 4.18. The van der Waals surface area contributed by atoms with Crippen molar-refractivity contribution in [3.63, 3.8) is 0 Å². The molecule has 0 bridgehead atoms. The summed E-state index contributed by atoms with van der Waals surface area (Å²) in [4.78, 5) is 27.9. The van der Waals surface area contributed by atoms with E-state index in [1.165, 1.54) is 19.3 Å². The Morgan fingerprint density at radius 3 is 2.35 bits per heavy atom. The number of carbonyl (C=O) groups is 2. The number of amides is 1. The van der Waals surface area contributed by atoms with E-state index in [1.807, 2.05) is 11.9 Å². The lowest BCUT2D eigenvalue weighted by molar-refractivity contribution is -0.142. The van der Waals surface area contributed by atoms with Crippen LogP contribution in [-0.2, 0) is 9.59 Å². The highest BCUT2D eigenvalue weighted by molar-refractivity contribution is 5.91. The van der Waals surface area contributed by atoms with Gasteiger partial charge in [-0.2, -0.15) is 0 Å². The lowest BCUT2D eigenvalue weighted by Crippen LogP contribution is -2.56. The van der Waals surface area contributed by atoms with Crippen molar-refractivity contribution in [3.05, 3.63) is 0 Å². The van der Waals surface area contributed by atoms with E-state index in [2.05, 4.69) is 33.0 Å². The third-order valence-electron chi connectivity index (χ3n) is 7.22. The molecule has 1 saturated carbocycles. The minimum atomic E-state index is -0.239. The van der Waals surface area contributed by atoms with Gasteiger partial charge < -0.3 is 10.2 Å². The van der Waals surface area contributed by atoms with Gasteiger partial charge in [0.2, 0.25) is 5.91 Å². The molecular weight excluding hydrogens is 324 g/mol. The van der Waals surface area contributed by atoms with Crippen LogP contribution < -0.4 is 5.32 Å². The summed E-state index contributed by atoms with van der Waals surface area (Å²) in [7, 11) is 1.90. The van der Waals surface area contributed by atoms with E-state index >= 15 is 0 Å². The number of hydrogen-bond acceptors (Lipinski definition) is 3. The van der Waals surface area contributed by atoms with Crippen molar-refractivity contribution in [2.45, 2.75) is 98.1 Å². The van der Waals surface area contributed by atoms with Crippen molar-refractivity contribution in [1.29, 1.82) is 0 Å². The summed E-state index contributed by atoms with van der Waals surface area (Å²) in [5.74, 6) is 0.591. The third kappa shape index (κ3) is 4.49. The molecule has 3 atom stereocenters. The zero-order chi connectivity index (χ0) is 19.5. The van der Waals surface area contributed by atoms with Crippen LogP contribution in [0.15, 0.2) is 0 Å². The average Bonchev–Trinajstić information content (AvgIpc) is 2.99. The second kappa shape index (κ2) is 8.41. The molecule has 1 aliphatic carbocycles. The minimum Gasteiger partial charge on any atom is -0.331 e. The molecule has 0 spiro atoms. The Labute approximate surface area is 160 Å². The number of rotatable bonds is 7. The van der Waals surface area contributed by atoms with E-state index in [1.54, 1.807) is 6.92 Å². The second-order valence-electron chi connectivity index (χ2n) is 9.79. The number of Topliss-reactive ketones (excluding diaryl/α,β-unsaturated/α-hetero) is 1. The maximum atomic E-state index is 13.5. The van der Waals surface area contributed by atoms with E-state index in [-0.39, 0.29) is 34.6 Å². The molecule has 150 valence electrons. The number of ketones is 1. The van der Waals surface area contributed by atoms with Gasteiger partial charge in [0.25, 0.3) is 0 Å². The van der Waals surface area contributed by atoms with E-state index in [0.29, 0.717) is 5.92 Å². The summed E-state index contributed by atoms with van der Waals surface area (Å²) in [6, 6.07) is -0.418. The summed E-state index contributed by atoms with van der Waals surface area (Å²) in [5.41, 5.74) is 0.224. The molecule has 2 unspecified atom stereocenters. The van der Waals surface area contributed by atoms with Crippen molar-refractivity contribution >= 4 is 11.7 Å². The van der Waals surface area contributed by atoms with Gasteiger partial charge in [-0.05, 0) is 56.4 Å². The number of carbonyl (C=O) groups excluding carboxylic acids is 2. The fourth-order valence-corrected chi connectivity index (χ4v) is 5.31. The Morgan fingerprint density at radius 1 is 1.23 bits per heavy atom. The highest BCUT2D eigenvalue weighted by atomic mass is 16.2. The van der Waals surface area contributed by atoms with Crippen LogP contribution in [0.5, 0.6) is 0 Å². The van der Waals surface area contributed by atoms with Gasteiger partial charge in [0.1, 0.15) is 0 Å². The third-order valence-corrected chi connectivity index (χ3v) is 7.22. The van der Waals surface area contributed by atoms with Crippen LogP contribution in [0.4, 0.5) is 0 Å². The molecule has 4 nitrogen and oxygen atoms in total. The highest BCUT2D eigenvalue weighted by Gasteiger charge is 2.47. The molecule has 1 aliphatic heterocycles. The molecule has 2 rings (SSSR count). The zero-order valence-corrected chi connectivity index (χ0v) is 17.9. The summed E-state index contributed by atoms with van der Waals surface area (Å²) >= 11 is 0. The highest BCUT2D eigenvalue weighted by Crippen LogP contribution is 2.42. The summed E-state index contributed by atoms with van der Waals surface area (Å²) in [6.45, 7) is 11.4. The van der Waals surface area contributed by atoms with Gasteiger partial charge in [-0.1, -0.05) is 53.4 Å². The van der Waals surface area contributed by atoms with E-state index in [9.17, 15) is 9.59 Å². The fraction of sp³-hybridized carbons (Fsp3) is 0.909. The largest absolute Gasteiger partial charge is 0.331 e. The van der Waals surface area contributed by atoms with E-state index in [0.717, 1.165) is 38.6 Å². The molecule has 1 heterocycles. The van der Waals surface area contributed by atoms with Gasteiger partial charge in [-0.15, -0.1) is 0 Å². The molecule has 0 aromatic heterocycles. The predicted molar refractivity (Wildman–Crippen MR) is 107 cm³/mol. The lowest BCUT2D eigenvalue weighted by atomic mass is 9.70. The lowest BCUT2D eigenvalue weighted by Gasteiger charge is -2.42. The monoisotopic (exact) mass is 364 g/mol. The molecule has 1 N–H and O–H groups in total. The first kappa shape index (κ1) is 21.4. The SMILES string of the molecule is CCC(C)(C)C[C@H]1CCN(C(=O)C(NC)C2(C)CCCCC2)C1C(C)=O. The molecule has 0 aromatic rings. The van der Waals surface area contributed by atoms with Gasteiger partial charge >= 0.3 is 0 Å². The van der Waals surface area contributed by atoms with E-state index < -0.39 is 0 Å². The van der Waals surface area contributed by atoms with Gasteiger partial charge in [-0.25, -0.2) is 0 Å². The van der Waals surface area contributed by atoms with Gasteiger partial charge in [0.15, 0.2) is 5.78 Å². The maximum absolute atomic E-state index is 13.5. The molecule has 26 heavy (non-hydrogen) atoms. The van der Waals surface area contributed by atoms with Crippen LogP contribution in [0.25, 0.3) is 0 Å². The number of nitrogens with zero attached hydrogens (tertiary/aromatic N) is 1. The first-order valence-corrected chi connectivity index (χ1v) is 10.6. The Kier molecular flexibility index (Phi) is 6.92. The normalized spacial score (nSPS) is 27.4. The van der Waals surface area contributed by atoms with Crippen molar-refractivity contribution in [2.75, 3.05) is 13.6 Å². The molecule has 2 aliphatic rings. The molecule has 4 heteroatoms. The number of likely N-dealkylation sites (tertiary alicyclic amines) is 1. The summed E-state index contributed by atoms with van der Waals surface area (Å²) in [5, 5.41) is 3.32. The smallest absolute Gasteiger partial charge is 0.240 e. The van der Waals surface area contributed by atoms with Gasteiger partial charge in [0, 0.05) is 6.54 Å². The zero-order valence-electron chi connectivity index (χ0n) is 17.9. The Morgan fingerprint density at radius 2 is 1.85 bits per heavy atom. The molecule has 0 radical (unpaired) electrons. The Balaban J connectivity index is 2.19. The molecule has 0 aromatic carbocycles. The number of likely N-dealkylation sites (N-methyl/N-ethyl adjacent to an activating group) is 1. The standard InChI is InChI=1S/C22H40N2O2/c1-7-21(3,4)15-17-11-14-24(18(17)16(2)25)20(26)19(23-6)22(5)12-9-8-10-13-22/h17-19,23H,7-15H2,1-6H3/t17-,18?,19?/m1/s1. The van der Waals surface area contributed by atoms with Crippen LogP contribution >= 0.6 is 0 Å². The molecular formula is C22H40N2O2. The van der Waals surface area contributed by atoms with Gasteiger partial charge in [-0.3, -0.25) is 9.59 Å². The second-order valence-corrected chi connectivity index (χ2v) is 9.79. The van der Waals surface area contributed by atoms with Crippen LogP contribution in [0.2, 0.25) is 0 Å². The van der Waals surface area contributed by atoms with Crippen LogP contribution in [0, 0.1) is 16.7 Å². The summed E-state index contributed by atoms with van der Waals surface area (Å²) < 4.78 is 0. The Hall–Kier alpha value is -0.900. The van der Waals surface area contributed by atoms with Crippen LogP contribution in [0.3, 0.4) is 0 Å². The first-order valence-electron chi connectivity index (χ1n) is 10.6. The first-order chi connectivity index (χ1) is 12.1. The van der Waals surface area contributed by atoms with Gasteiger partial charge in [0.05, 0.1) is 12.1 Å². The van der Waals surface area contributed by atoms with E-state index in [4.69, 9.17) is 0 Å². The fourth-order valence-electron chi connectivity index (χ4n) is 5.31. The molecule has 2 fully saturated rings. The van der Waals surface area contributed by atoms with Crippen LogP contribution in [0.1, 0.15) is 86.0 Å². The topological polar surface area (TPSA) is 49.4 Å². The molecule has 1 saturated heterocycles. The summed E-state index contributed by atoms with van der Waals surface area (Å²) in [6.07, 6.45) is 8.92. The number of nitrogens with one attached hydrogen (secondary N) is 1. The maximum Gasteiger partial charge on any atom is 0.240 e. The minimum absolute atomic E-state index is 0.00615. The average molecular weight is 365 g/mol.